The number of hydrogen-bond acceptors (Lipinski definition) is 5. The van der Waals surface area contributed by atoms with E-state index in [9.17, 15) is 13.2 Å². The highest BCUT2D eigenvalue weighted by Crippen LogP contribution is 2.38. The van der Waals surface area contributed by atoms with E-state index < -0.39 is 11.9 Å². The smallest absolute Gasteiger partial charge is 0.435 e. The summed E-state index contributed by atoms with van der Waals surface area (Å²) >= 11 is 6.20. The van der Waals surface area contributed by atoms with Crippen molar-refractivity contribution < 1.29 is 22.6 Å². The lowest BCUT2D eigenvalue weighted by atomic mass is 10.1. The molecule has 0 aliphatic heterocycles. The van der Waals surface area contributed by atoms with E-state index in [0.717, 1.165) is 10.7 Å². The molecule has 0 aliphatic carbocycles. The standard InChI is InChI=1S/C17H17ClF3N5O2/c1-9-5-13(28-8-15-22-23-16(27-4)25(15)2)10(6-11(9)18)12-7-14(17(19,20)21)24-26(12)3/h5-7H,8H2,1-4H3. The number of nitrogens with zero attached hydrogens (tertiary/aromatic N) is 5. The first-order valence-corrected chi connectivity index (χ1v) is 8.46. The lowest BCUT2D eigenvalue weighted by Gasteiger charge is -2.13. The average molecular weight is 416 g/mol. The van der Waals surface area contributed by atoms with Gasteiger partial charge in [0.25, 0.3) is 0 Å². The maximum Gasteiger partial charge on any atom is 0.435 e. The number of benzene rings is 1. The highest BCUT2D eigenvalue weighted by atomic mass is 35.5. The molecule has 0 unspecified atom stereocenters. The molecule has 0 saturated carbocycles. The number of halogens is 4. The van der Waals surface area contributed by atoms with E-state index in [2.05, 4.69) is 15.3 Å². The normalized spacial score (nSPS) is 11.7. The topological polar surface area (TPSA) is 67.0 Å². The van der Waals surface area contributed by atoms with Gasteiger partial charge in [0, 0.05) is 24.7 Å². The van der Waals surface area contributed by atoms with Gasteiger partial charge >= 0.3 is 12.2 Å². The molecule has 0 atom stereocenters. The molecular weight excluding hydrogens is 399 g/mol. The Morgan fingerprint density at radius 1 is 1.14 bits per heavy atom. The van der Waals surface area contributed by atoms with E-state index in [4.69, 9.17) is 21.1 Å². The maximum atomic E-state index is 13.0. The zero-order chi connectivity index (χ0) is 20.6. The van der Waals surface area contributed by atoms with Gasteiger partial charge in [0.15, 0.2) is 11.5 Å². The second kappa shape index (κ2) is 7.34. The zero-order valence-electron chi connectivity index (χ0n) is 15.5. The first-order chi connectivity index (χ1) is 13.1. The van der Waals surface area contributed by atoms with Crippen LogP contribution in [0.5, 0.6) is 11.8 Å². The summed E-state index contributed by atoms with van der Waals surface area (Å²) in [7, 11) is 4.61. The van der Waals surface area contributed by atoms with Crippen LogP contribution in [0.25, 0.3) is 11.3 Å². The molecule has 3 aromatic rings. The molecule has 2 heterocycles. The third-order valence-electron chi connectivity index (χ3n) is 4.17. The fraction of sp³-hybridized carbons (Fsp3) is 0.353. The highest BCUT2D eigenvalue weighted by Gasteiger charge is 2.35. The van der Waals surface area contributed by atoms with Gasteiger partial charge in [0.1, 0.15) is 12.4 Å². The van der Waals surface area contributed by atoms with Crippen LogP contribution in [-0.2, 0) is 26.9 Å². The van der Waals surface area contributed by atoms with Gasteiger partial charge in [0.05, 0.1) is 12.8 Å². The van der Waals surface area contributed by atoms with Gasteiger partial charge in [-0.2, -0.15) is 18.3 Å². The molecule has 0 spiro atoms. The summed E-state index contributed by atoms with van der Waals surface area (Å²) in [5.74, 6) is 0.831. The molecule has 11 heteroatoms. The van der Waals surface area contributed by atoms with Crippen molar-refractivity contribution in [3.8, 4) is 23.0 Å². The summed E-state index contributed by atoms with van der Waals surface area (Å²) in [4.78, 5) is 0. The molecule has 0 saturated heterocycles. The number of ether oxygens (including phenoxy) is 2. The van der Waals surface area contributed by atoms with E-state index in [1.807, 2.05) is 0 Å². The zero-order valence-corrected chi connectivity index (χ0v) is 16.3. The van der Waals surface area contributed by atoms with Crippen LogP contribution in [0.4, 0.5) is 13.2 Å². The molecule has 28 heavy (non-hydrogen) atoms. The Kier molecular flexibility index (Phi) is 5.24. The molecule has 150 valence electrons. The predicted octanol–water partition coefficient (Wildman–Crippen LogP) is 3.78. The lowest BCUT2D eigenvalue weighted by molar-refractivity contribution is -0.141. The molecule has 0 aliphatic rings. The Morgan fingerprint density at radius 3 is 2.43 bits per heavy atom. The van der Waals surface area contributed by atoms with Gasteiger partial charge in [-0.05, 0) is 30.7 Å². The Bertz CT molecular complexity index is 1010. The third-order valence-corrected chi connectivity index (χ3v) is 4.58. The number of aromatic nitrogens is 5. The second-order valence-electron chi connectivity index (χ2n) is 6.08. The van der Waals surface area contributed by atoms with Gasteiger partial charge in [-0.1, -0.05) is 16.7 Å². The quantitative estimate of drug-likeness (QED) is 0.634. The number of methoxy groups -OCH3 is 1. The van der Waals surface area contributed by atoms with Gasteiger partial charge in [-0.3, -0.25) is 9.25 Å². The predicted molar refractivity (Wildman–Crippen MR) is 95.3 cm³/mol. The van der Waals surface area contributed by atoms with Crippen LogP contribution >= 0.6 is 11.6 Å². The van der Waals surface area contributed by atoms with Crippen molar-refractivity contribution in [1.29, 1.82) is 0 Å². The fourth-order valence-corrected chi connectivity index (χ4v) is 2.79. The van der Waals surface area contributed by atoms with Gasteiger partial charge in [-0.15, -0.1) is 5.10 Å². The molecule has 3 rings (SSSR count). The third kappa shape index (κ3) is 3.77. The molecule has 1 aromatic carbocycles. The number of aryl methyl sites for hydroxylation is 2. The Morgan fingerprint density at radius 2 is 1.86 bits per heavy atom. The van der Waals surface area contributed by atoms with Crippen molar-refractivity contribution in [2.45, 2.75) is 19.7 Å². The fourth-order valence-electron chi connectivity index (χ4n) is 2.62. The maximum absolute atomic E-state index is 13.0. The summed E-state index contributed by atoms with van der Waals surface area (Å²) in [5.41, 5.74) is 0.329. The van der Waals surface area contributed by atoms with E-state index in [1.165, 1.54) is 14.2 Å². The summed E-state index contributed by atoms with van der Waals surface area (Å²) in [5, 5.41) is 11.8. The molecular formula is C17H17ClF3N5O2. The van der Waals surface area contributed by atoms with Crippen molar-refractivity contribution >= 4 is 11.6 Å². The summed E-state index contributed by atoms with van der Waals surface area (Å²) in [6, 6.07) is 4.48. The first kappa shape index (κ1) is 20.0. The molecule has 0 amide bonds. The Labute approximate surface area is 163 Å². The lowest BCUT2D eigenvalue weighted by Crippen LogP contribution is -2.06. The van der Waals surface area contributed by atoms with Crippen molar-refractivity contribution in [2.24, 2.45) is 14.1 Å². The van der Waals surface area contributed by atoms with Gasteiger partial charge in [0.2, 0.25) is 0 Å². The molecule has 0 radical (unpaired) electrons. The number of alkyl halides is 3. The van der Waals surface area contributed by atoms with Crippen LogP contribution in [-0.4, -0.2) is 31.7 Å². The van der Waals surface area contributed by atoms with Crippen molar-refractivity contribution in [3.63, 3.8) is 0 Å². The van der Waals surface area contributed by atoms with Gasteiger partial charge in [-0.25, -0.2) is 0 Å². The Hall–Kier alpha value is -2.75. The van der Waals surface area contributed by atoms with Crippen LogP contribution in [0.2, 0.25) is 5.02 Å². The van der Waals surface area contributed by atoms with Gasteiger partial charge < -0.3 is 9.47 Å². The van der Waals surface area contributed by atoms with Crippen LogP contribution in [0.3, 0.4) is 0 Å². The number of rotatable bonds is 5. The molecule has 0 N–H and O–H groups in total. The van der Waals surface area contributed by atoms with Crippen LogP contribution in [0, 0.1) is 6.92 Å². The molecule has 0 fully saturated rings. The van der Waals surface area contributed by atoms with Crippen molar-refractivity contribution in [1.82, 2.24) is 24.5 Å². The van der Waals surface area contributed by atoms with E-state index in [1.54, 1.807) is 30.7 Å². The molecule has 7 nitrogen and oxygen atoms in total. The van der Waals surface area contributed by atoms with E-state index in [-0.39, 0.29) is 12.3 Å². The average Bonchev–Trinajstić information content (AvgIpc) is 3.18. The summed E-state index contributed by atoms with van der Waals surface area (Å²) < 4.78 is 52.7. The minimum Gasteiger partial charge on any atom is -0.485 e. The highest BCUT2D eigenvalue weighted by molar-refractivity contribution is 6.31. The van der Waals surface area contributed by atoms with Crippen molar-refractivity contribution in [2.75, 3.05) is 7.11 Å². The minimum absolute atomic E-state index is 0.0327. The largest absolute Gasteiger partial charge is 0.485 e. The minimum atomic E-state index is -4.55. The van der Waals surface area contributed by atoms with Crippen LogP contribution < -0.4 is 9.47 Å². The first-order valence-electron chi connectivity index (χ1n) is 8.08. The van der Waals surface area contributed by atoms with Crippen LogP contribution in [0.15, 0.2) is 18.2 Å². The Balaban J connectivity index is 1.99. The van der Waals surface area contributed by atoms with Crippen LogP contribution in [0.1, 0.15) is 17.1 Å². The SMILES string of the molecule is COc1nnc(COc2cc(C)c(Cl)cc2-c2cc(C(F)(F)F)nn2C)n1C. The summed E-state index contributed by atoms with van der Waals surface area (Å²) in [6.07, 6.45) is -4.55. The van der Waals surface area contributed by atoms with E-state index >= 15 is 0 Å². The van der Waals surface area contributed by atoms with E-state index in [0.29, 0.717) is 33.7 Å². The molecule has 0 bridgehead atoms. The number of hydrogen-bond donors (Lipinski definition) is 0. The molecule has 2 aromatic heterocycles. The summed E-state index contributed by atoms with van der Waals surface area (Å²) in [6.45, 7) is 1.81. The van der Waals surface area contributed by atoms with Crippen molar-refractivity contribution in [3.05, 3.63) is 40.3 Å². The second-order valence-corrected chi connectivity index (χ2v) is 6.49. The monoisotopic (exact) mass is 415 g/mol.